The molecule has 3 rings (SSSR count). The molecule has 0 spiro atoms. The first-order chi connectivity index (χ1) is 8.15. The van der Waals surface area contributed by atoms with E-state index in [2.05, 4.69) is 0 Å². The number of rotatable bonds is 0. The first-order valence-electron chi connectivity index (χ1n) is 4.97. The van der Waals surface area contributed by atoms with E-state index in [0.717, 1.165) is 0 Å². The van der Waals surface area contributed by atoms with Gasteiger partial charge in [-0.2, -0.15) is 0 Å². The number of benzene rings is 2. The fourth-order valence-electron chi connectivity index (χ4n) is 1.80. The maximum Gasteiger partial charge on any atom is 0.200 e. The summed E-state index contributed by atoms with van der Waals surface area (Å²) in [4.78, 5) is 12.1. The second kappa shape index (κ2) is 3.57. The van der Waals surface area contributed by atoms with Gasteiger partial charge in [-0.05, 0) is 36.4 Å². The molecule has 0 radical (unpaired) electrons. The summed E-state index contributed by atoms with van der Waals surface area (Å²) >= 11 is 5.82. The summed E-state index contributed by atoms with van der Waals surface area (Å²) in [7, 11) is 0. The van der Waals surface area contributed by atoms with Gasteiger partial charge in [0.1, 0.15) is 17.0 Å². The maximum absolute atomic E-state index is 13.1. The second-order valence-electron chi connectivity index (χ2n) is 3.71. The van der Waals surface area contributed by atoms with Crippen LogP contribution in [0.2, 0.25) is 5.02 Å². The Bertz CT molecular complexity index is 729. The highest BCUT2D eigenvalue weighted by molar-refractivity contribution is 6.31. The highest BCUT2D eigenvalue weighted by Crippen LogP contribution is 2.21. The molecule has 2 aromatic carbocycles. The lowest BCUT2D eigenvalue weighted by molar-refractivity contribution is 0.623. The third kappa shape index (κ3) is 1.59. The number of hydrogen-bond donors (Lipinski definition) is 0. The molecular weight excluding hydrogens is 243 g/mol. The van der Waals surface area contributed by atoms with Crippen molar-refractivity contribution in [3.05, 3.63) is 57.5 Å². The van der Waals surface area contributed by atoms with Crippen LogP contribution in [-0.4, -0.2) is 0 Å². The smallest absolute Gasteiger partial charge is 0.200 e. The largest absolute Gasteiger partial charge is 0.456 e. The fraction of sp³-hybridized carbons (Fsp3) is 0. The van der Waals surface area contributed by atoms with Crippen LogP contribution in [0.25, 0.3) is 21.9 Å². The molecule has 0 amide bonds. The lowest BCUT2D eigenvalue weighted by Gasteiger charge is -2.01. The van der Waals surface area contributed by atoms with Crippen molar-refractivity contribution in [3.8, 4) is 0 Å². The quantitative estimate of drug-likeness (QED) is 0.568. The summed E-state index contributed by atoms with van der Waals surface area (Å²) in [5.41, 5.74) is 0.535. The molecule has 0 atom stereocenters. The third-order valence-electron chi connectivity index (χ3n) is 2.59. The van der Waals surface area contributed by atoms with Gasteiger partial charge in [-0.25, -0.2) is 4.39 Å². The van der Waals surface area contributed by atoms with Gasteiger partial charge in [0.15, 0.2) is 0 Å². The SMILES string of the molecule is O=c1c2cc(F)ccc2oc2ccc(Cl)cc12. The van der Waals surface area contributed by atoms with E-state index in [0.29, 0.717) is 21.6 Å². The molecule has 4 heteroatoms. The predicted molar refractivity (Wildman–Crippen MR) is 65.0 cm³/mol. The second-order valence-corrected chi connectivity index (χ2v) is 4.15. The molecule has 0 saturated carbocycles. The maximum atomic E-state index is 13.1. The Balaban J connectivity index is 2.58. The fourth-order valence-corrected chi connectivity index (χ4v) is 1.97. The number of fused-ring (bicyclic) bond motifs is 2. The van der Waals surface area contributed by atoms with Gasteiger partial charge in [0, 0.05) is 5.02 Å². The molecule has 0 aliphatic heterocycles. The zero-order chi connectivity index (χ0) is 12.0. The monoisotopic (exact) mass is 248 g/mol. The zero-order valence-electron chi connectivity index (χ0n) is 8.54. The molecular formula is C13H6ClFO2. The van der Waals surface area contributed by atoms with Crippen molar-refractivity contribution in [2.24, 2.45) is 0 Å². The molecule has 1 heterocycles. The Hall–Kier alpha value is -1.87. The highest BCUT2D eigenvalue weighted by Gasteiger charge is 2.08. The van der Waals surface area contributed by atoms with Crippen molar-refractivity contribution in [1.29, 1.82) is 0 Å². The van der Waals surface area contributed by atoms with Gasteiger partial charge in [0.2, 0.25) is 5.43 Å². The Labute approximate surface area is 100 Å². The molecule has 0 N–H and O–H groups in total. The van der Waals surface area contributed by atoms with Crippen LogP contribution in [-0.2, 0) is 0 Å². The molecule has 0 aliphatic rings. The minimum atomic E-state index is -0.467. The van der Waals surface area contributed by atoms with E-state index in [1.165, 1.54) is 24.3 Å². The van der Waals surface area contributed by atoms with E-state index in [-0.39, 0.29) is 10.8 Å². The first-order valence-corrected chi connectivity index (χ1v) is 5.34. The van der Waals surface area contributed by atoms with Crippen LogP contribution in [0.4, 0.5) is 4.39 Å². The molecule has 2 nitrogen and oxygen atoms in total. The third-order valence-corrected chi connectivity index (χ3v) is 2.83. The van der Waals surface area contributed by atoms with E-state index >= 15 is 0 Å². The van der Waals surface area contributed by atoms with E-state index in [1.807, 2.05) is 0 Å². The number of halogens is 2. The van der Waals surface area contributed by atoms with Crippen molar-refractivity contribution in [3.63, 3.8) is 0 Å². The van der Waals surface area contributed by atoms with Crippen LogP contribution < -0.4 is 5.43 Å². The molecule has 84 valence electrons. The van der Waals surface area contributed by atoms with Crippen molar-refractivity contribution < 1.29 is 8.81 Å². The summed E-state index contributed by atoms with van der Waals surface area (Å²) in [6, 6.07) is 8.66. The van der Waals surface area contributed by atoms with Crippen LogP contribution in [0.3, 0.4) is 0 Å². The summed E-state index contributed by atoms with van der Waals surface area (Å²) in [6.45, 7) is 0. The van der Waals surface area contributed by atoms with Gasteiger partial charge in [0.25, 0.3) is 0 Å². The lowest BCUT2D eigenvalue weighted by atomic mass is 10.1. The summed E-state index contributed by atoms with van der Waals surface area (Å²) in [5, 5.41) is 1.02. The van der Waals surface area contributed by atoms with E-state index in [1.54, 1.807) is 12.1 Å². The van der Waals surface area contributed by atoms with Gasteiger partial charge in [-0.3, -0.25) is 4.79 Å². The lowest BCUT2D eigenvalue weighted by Crippen LogP contribution is -2.02. The van der Waals surface area contributed by atoms with Crippen molar-refractivity contribution in [1.82, 2.24) is 0 Å². The predicted octanol–water partition coefficient (Wildman–Crippen LogP) is 3.74. The van der Waals surface area contributed by atoms with Gasteiger partial charge < -0.3 is 4.42 Å². The van der Waals surface area contributed by atoms with Gasteiger partial charge in [-0.1, -0.05) is 11.6 Å². The normalized spacial score (nSPS) is 11.2. The highest BCUT2D eigenvalue weighted by atomic mass is 35.5. The number of hydrogen-bond acceptors (Lipinski definition) is 2. The zero-order valence-corrected chi connectivity index (χ0v) is 9.29. The standard InChI is InChI=1S/C13H6ClFO2/c14-7-1-3-11-9(5-7)13(16)10-6-8(15)2-4-12(10)17-11/h1-6H. The van der Waals surface area contributed by atoms with Crippen molar-refractivity contribution in [2.75, 3.05) is 0 Å². The molecule has 0 aliphatic carbocycles. The molecule has 0 unspecified atom stereocenters. The minimum absolute atomic E-state index is 0.222. The average molecular weight is 249 g/mol. The summed E-state index contributed by atoms with van der Waals surface area (Å²) in [5.74, 6) is -0.467. The minimum Gasteiger partial charge on any atom is -0.456 e. The van der Waals surface area contributed by atoms with Crippen LogP contribution >= 0.6 is 11.6 Å². The van der Waals surface area contributed by atoms with Gasteiger partial charge >= 0.3 is 0 Å². The summed E-state index contributed by atoms with van der Waals surface area (Å²) < 4.78 is 18.6. The van der Waals surface area contributed by atoms with Gasteiger partial charge in [0.05, 0.1) is 10.8 Å². The van der Waals surface area contributed by atoms with E-state index in [4.69, 9.17) is 16.0 Å². The molecule has 0 bridgehead atoms. The Morgan fingerprint density at radius 3 is 2.41 bits per heavy atom. The first kappa shape index (κ1) is 10.3. The van der Waals surface area contributed by atoms with Crippen molar-refractivity contribution in [2.45, 2.75) is 0 Å². The van der Waals surface area contributed by atoms with Crippen molar-refractivity contribution >= 4 is 33.5 Å². The van der Waals surface area contributed by atoms with Crippen LogP contribution in [0.5, 0.6) is 0 Å². The van der Waals surface area contributed by atoms with Gasteiger partial charge in [-0.15, -0.1) is 0 Å². The van der Waals surface area contributed by atoms with E-state index in [9.17, 15) is 9.18 Å². The topological polar surface area (TPSA) is 30.2 Å². The summed E-state index contributed by atoms with van der Waals surface area (Å²) in [6.07, 6.45) is 0. The van der Waals surface area contributed by atoms with E-state index < -0.39 is 5.82 Å². The molecule has 17 heavy (non-hydrogen) atoms. The Kier molecular flexibility index (Phi) is 2.16. The molecule has 1 aromatic heterocycles. The van der Waals surface area contributed by atoms with Crippen LogP contribution in [0.1, 0.15) is 0 Å². The van der Waals surface area contributed by atoms with Crippen LogP contribution in [0, 0.1) is 5.82 Å². The van der Waals surface area contributed by atoms with Crippen LogP contribution in [0.15, 0.2) is 45.6 Å². The Morgan fingerprint density at radius 1 is 1.00 bits per heavy atom. The molecule has 0 fully saturated rings. The molecule has 0 saturated heterocycles. The Morgan fingerprint density at radius 2 is 1.65 bits per heavy atom. The average Bonchev–Trinajstić information content (AvgIpc) is 2.32. The molecule has 3 aromatic rings.